The third-order valence-corrected chi connectivity index (χ3v) is 4.72. The normalized spacial score (nSPS) is 20.5. The number of aryl methyl sites for hydroxylation is 1. The first kappa shape index (κ1) is 17.6. The van der Waals surface area contributed by atoms with Gasteiger partial charge in [0.05, 0.1) is 35.3 Å². The molecule has 0 spiro atoms. The van der Waals surface area contributed by atoms with E-state index in [1.54, 1.807) is 17.3 Å². The predicted octanol–water partition coefficient (Wildman–Crippen LogP) is 1.54. The predicted molar refractivity (Wildman–Crippen MR) is 93.6 cm³/mol. The van der Waals surface area contributed by atoms with E-state index >= 15 is 0 Å². The van der Waals surface area contributed by atoms with E-state index in [1.807, 2.05) is 20.8 Å². The molecule has 0 aromatic carbocycles. The Hall–Kier alpha value is -2.26. The fraction of sp³-hybridized carbons (Fsp3) is 0.500. The molecule has 3 heterocycles. The van der Waals surface area contributed by atoms with Gasteiger partial charge in [-0.15, -0.1) is 11.3 Å². The number of anilines is 1. The quantitative estimate of drug-likeness (QED) is 0.890. The van der Waals surface area contributed by atoms with Gasteiger partial charge in [-0.3, -0.25) is 14.3 Å². The standard InChI is InChI=1S/C16H21N5O3S/c1-10-6-20(7-11(2)24-10)15(22)9-21-8-13(4-18-21)19-16(23)14-5-17-12(3)25-14/h4-5,8,10-11H,6-7,9H2,1-3H3,(H,19,23)/t10-,11-/m0/s1. The molecule has 1 fully saturated rings. The van der Waals surface area contributed by atoms with E-state index < -0.39 is 0 Å². The molecule has 0 saturated carbocycles. The van der Waals surface area contributed by atoms with Gasteiger partial charge in [-0.25, -0.2) is 4.98 Å². The van der Waals surface area contributed by atoms with Crippen LogP contribution in [0.5, 0.6) is 0 Å². The zero-order valence-corrected chi connectivity index (χ0v) is 15.2. The lowest BCUT2D eigenvalue weighted by atomic mass is 10.2. The zero-order chi connectivity index (χ0) is 18.0. The van der Waals surface area contributed by atoms with Gasteiger partial charge in [0, 0.05) is 19.3 Å². The van der Waals surface area contributed by atoms with E-state index in [4.69, 9.17) is 4.74 Å². The summed E-state index contributed by atoms with van der Waals surface area (Å²) in [4.78, 5) is 30.9. The number of morpholine rings is 1. The second-order valence-corrected chi connectivity index (χ2v) is 7.42. The Kier molecular flexibility index (Phi) is 5.14. The molecule has 0 aliphatic carbocycles. The largest absolute Gasteiger partial charge is 0.372 e. The van der Waals surface area contributed by atoms with Gasteiger partial charge in [0.25, 0.3) is 5.91 Å². The summed E-state index contributed by atoms with van der Waals surface area (Å²) in [6.45, 7) is 7.06. The van der Waals surface area contributed by atoms with Crippen molar-refractivity contribution in [3.05, 3.63) is 28.5 Å². The van der Waals surface area contributed by atoms with E-state index in [1.165, 1.54) is 22.2 Å². The van der Waals surface area contributed by atoms with E-state index in [2.05, 4.69) is 15.4 Å². The number of nitrogens with one attached hydrogen (secondary N) is 1. The number of carbonyl (C=O) groups is 2. The molecule has 25 heavy (non-hydrogen) atoms. The minimum Gasteiger partial charge on any atom is -0.372 e. The Morgan fingerprint density at radius 2 is 2.04 bits per heavy atom. The summed E-state index contributed by atoms with van der Waals surface area (Å²) in [7, 11) is 0. The monoisotopic (exact) mass is 363 g/mol. The molecule has 2 atom stereocenters. The maximum Gasteiger partial charge on any atom is 0.267 e. The van der Waals surface area contributed by atoms with E-state index in [0.717, 1.165) is 5.01 Å². The van der Waals surface area contributed by atoms with Crippen LogP contribution in [0.25, 0.3) is 0 Å². The minimum atomic E-state index is -0.229. The number of ether oxygens (including phenoxy) is 1. The van der Waals surface area contributed by atoms with Crippen molar-refractivity contribution in [3.8, 4) is 0 Å². The van der Waals surface area contributed by atoms with Gasteiger partial charge in [0.15, 0.2) is 0 Å². The van der Waals surface area contributed by atoms with E-state index in [-0.39, 0.29) is 30.6 Å². The van der Waals surface area contributed by atoms with Crippen molar-refractivity contribution < 1.29 is 14.3 Å². The second-order valence-electron chi connectivity index (χ2n) is 6.18. The number of hydrogen-bond donors (Lipinski definition) is 1. The minimum absolute atomic E-state index is 0.0129. The van der Waals surface area contributed by atoms with Crippen molar-refractivity contribution >= 4 is 28.8 Å². The molecule has 0 unspecified atom stereocenters. The molecule has 1 saturated heterocycles. The fourth-order valence-corrected chi connectivity index (χ4v) is 3.47. The van der Waals surface area contributed by atoms with Crippen molar-refractivity contribution in [2.24, 2.45) is 0 Å². The van der Waals surface area contributed by atoms with Crippen molar-refractivity contribution in [2.75, 3.05) is 18.4 Å². The third kappa shape index (κ3) is 4.43. The molecule has 2 aromatic heterocycles. The second kappa shape index (κ2) is 7.32. The summed E-state index contributed by atoms with van der Waals surface area (Å²) < 4.78 is 7.17. The molecule has 0 radical (unpaired) electrons. The van der Waals surface area contributed by atoms with Gasteiger partial charge >= 0.3 is 0 Å². The molecule has 2 amide bonds. The number of nitrogens with zero attached hydrogens (tertiary/aromatic N) is 4. The molecule has 3 rings (SSSR count). The van der Waals surface area contributed by atoms with E-state index in [9.17, 15) is 9.59 Å². The van der Waals surface area contributed by atoms with Gasteiger partial charge < -0.3 is 15.0 Å². The molecule has 1 aliphatic rings. The lowest BCUT2D eigenvalue weighted by Crippen LogP contribution is -2.49. The molecular weight excluding hydrogens is 342 g/mol. The third-order valence-electron chi connectivity index (χ3n) is 3.81. The van der Waals surface area contributed by atoms with Crippen LogP contribution in [0.2, 0.25) is 0 Å². The van der Waals surface area contributed by atoms with Gasteiger partial charge in [-0.2, -0.15) is 5.10 Å². The first-order chi connectivity index (χ1) is 11.9. The van der Waals surface area contributed by atoms with Crippen LogP contribution in [0.4, 0.5) is 5.69 Å². The van der Waals surface area contributed by atoms with Crippen LogP contribution in [0.3, 0.4) is 0 Å². The Morgan fingerprint density at radius 1 is 1.32 bits per heavy atom. The van der Waals surface area contributed by atoms with Crippen molar-refractivity contribution in [3.63, 3.8) is 0 Å². The number of thiazole rings is 1. The summed E-state index contributed by atoms with van der Waals surface area (Å²) in [6.07, 6.45) is 4.79. The highest BCUT2D eigenvalue weighted by atomic mass is 32.1. The summed E-state index contributed by atoms with van der Waals surface area (Å²) in [5.74, 6) is -0.242. The maximum absolute atomic E-state index is 12.4. The molecule has 134 valence electrons. The van der Waals surface area contributed by atoms with Crippen molar-refractivity contribution in [1.82, 2.24) is 19.7 Å². The topological polar surface area (TPSA) is 89.3 Å². The average molecular weight is 363 g/mol. The van der Waals surface area contributed by atoms with Crippen LogP contribution in [-0.2, 0) is 16.1 Å². The molecule has 2 aromatic rings. The highest BCUT2D eigenvalue weighted by Crippen LogP contribution is 2.15. The van der Waals surface area contributed by atoms with Gasteiger partial charge in [-0.1, -0.05) is 0 Å². The smallest absolute Gasteiger partial charge is 0.267 e. The lowest BCUT2D eigenvalue weighted by molar-refractivity contribution is -0.144. The first-order valence-corrected chi connectivity index (χ1v) is 8.92. The number of carbonyl (C=O) groups excluding carboxylic acids is 2. The van der Waals surface area contributed by atoms with Crippen LogP contribution in [0.1, 0.15) is 28.5 Å². The van der Waals surface area contributed by atoms with Gasteiger partial charge in [-0.05, 0) is 20.8 Å². The van der Waals surface area contributed by atoms with Crippen LogP contribution in [0.15, 0.2) is 18.6 Å². The molecular formula is C16H21N5O3S. The van der Waals surface area contributed by atoms with Crippen LogP contribution < -0.4 is 5.32 Å². The summed E-state index contributed by atoms with van der Waals surface area (Å²) in [6, 6.07) is 0. The van der Waals surface area contributed by atoms with E-state index in [0.29, 0.717) is 23.7 Å². The average Bonchev–Trinajstić information content (AvgIpc) is 3.15. The SMILES string of the molecule is Cc1ncc(C(=O)Nc2cnn(CC(=O)N3C[C@H](C)O[C@@H](C)C3)c2)s1. The summed E-state index contributed by atoms with van der Waals surface area (Å²) in [5.41, 5.74) is 0.549. The first-order valence-electron chi connectivity index (χ1n) is 8.10. The summed E-state index contributed by atoms with van der Waals surface area (Å²) >= 11 is 1.33. The van der Waals surface area contributed by atoms with Crippen LogP contribution in [-0.4, -0.2) is 56.8 Å². The Bertz CT molecular complexity index is 761. The molecule has 9 heteroatoms. The van der Waals surface area contributed by atoms with Crippen LogP contribution >= 0.6 is 11.3 Å². The summed E-state index contributed by atoms with van der Waals surface area (Å²) in [5, 5.41) is 7.75. The lowest BCUT2D eigenvalue weighted by Gasteiger charge is -2.35. The van der Waals surface area contributed by atoms with Crippen molar-refractivity contribution in [2.45, 2.75) is 39.5 Å². The number of aromatic nitrogens is 3. The fourth-order valence-electron chi connectivity index (χ4n) is 2.79. The number of hydrogen-bond acceptors (Lipinski definition) is 6. The van der Waals surface area contributed by atoms with Crippen molar-refractivity contribution in [1.29, 1.82) is 0 Å². The highest BCUT2D eigenvalue weighted by molar-refractivity contribution is 7.13. The maximum atomic E-state index is 12.4. The highest BCUT2D eigenvalue weighted by Gasteiger charge is 2.26. The molecule has 1 N–H and O–H groups in total. The molecule has 1 aliphatic heterocycles. The van der Waals surface area contributed by atoms with Gasteiger partial charge in [0.2, 0.25) is 5.91 Å². The molecule has 0 bridgehead atoms. The Balaban J connectivity index is 1.58. The number of amides is 2. The zero-order valence-electron chi connectivity index (χ0n) is 14.4. The Morgan fingerprint density at radius 3 is 2.68 bits per heavy atom. The molecule has 8 nitrogen and oxygen atoms in total. The van der Waals surface area contributed by atoms with Gasteiger partial charge in [0.1, 0.15) is 11.4 Å². The Labute approximate surface area is 149 Å². The van der Waals surface area contributed by atoms with Crippen LogP contribution in [0, 0.1) is 6.92 Å². The number of rotatable bonds is 4.